The van der Waals surface area contributed by atoms with Crippen molar-refractivity contribution in [2.75, 3.05) is 13.1 Å². The van der Waals surface area contributed by atoms with Gasteiger partial charge in [0.05, 0.1) is 12.1 Å². The summed E-state index contributed by atoms with van der Waals surface area (Å²) in [7, 11) is -2.57. The first kappa shape index (κ1) is 22.3. The molecule has 0 spiro atoms. The second-order valence-electron chi connectivity index (χ2n) is 8.01. The van der Waals surface area contributed by atoms with Crippen molar-refractivity contribution in [2.24, 2.45) is 7.05 Å². The topological polar surface area (TPSA) is 84.3 Å². The second kappa shape index (κ2) is 8.25. The Morgan fingerprint density at radius 2 is 2.03 bits per heavy atom. The highest BCUT2D eigenvalue weighted by atomic mass is 32.2. The van der Waals surface area contributed by atoms with Gasteiger partial charge in [0.2, 0.25) is 10.0 Å². The minimum absolute atomic E-state index is 0.0307. The number of nitrogens with one attached hydrogen (secondary N) is 1. The quantitative estimate of drug-likeness (QED) is 0.631. The number of hydrogen-bond donors (Lipinski definition) is 1. The van der Waals surface area contributed by atoms with Crippen molar-refractivity contribution in [3.63, 3.8) is 0 Å². The Hall–Kier alpha value is -2.85. The molecule has 0 radical (unpaired) electrons. The Labute approximate surface area is 185 Å². The molecule has 1 fully saturated rings. The van der Waals surface area contributed by atoms with Crippen LogP contribution in [0.25, 0.3) is 10.9 Å². The SMILES string of the molecule is Cc1c(S(=O)(=O)N2CCCC(F)(F)C2)cc(C(=O)NCc2cccc3ncccc23)n1C. The summed E-state index contributed by atoms with van der Waals surface area (Å²) in [6.07, 6.45) is 1.45. The lowest BCUT2D eigenvalue weighted by Gasteiger charge is -2.31. The Bertz CT molecular complexity index is 1280. The van der Waals surface area contributed by atoms with Gasteiger partial charge in [-0.3, -0.25) is 9.78 Å². The van der Waals surface area contributed by atoms with Crippen molar-refractivity contribution in [1.82, 2.24) is 19.2 Å². The summed E-state index contributed by atoms with van der Waals surface area (Å²) in [5.41, 5.74) is 2.14. The average Bonchev–Trinajstić information content (AvgIpc) is 3.06. The Kier molecular flexibility index (Phi) is 5.76. The number of halogens is 2. The van der Waals surface area contributed by atoms with Crippen LogP contribution in [0.1, 0.15) is 34.6 Å². The first-order valence-corrected chi connectivity index (χ1v) is 11.7. The average molecular weight is 463 g/mol. The highest BCUT2D eigenvalue weighted by Crippen LogP contribution is 2.32. The molecule has 10 heteroatoms. The number of pyridine rings is 1. The van der Waals surface area contributed by atoms with E-state index in [2.05, 4.69) is 10.3 Å². The largest absolute Gasteiger partial charge is 0.347 e. The van der Waals surface area contributed by atoms with E-state index < -0.39 is 28.4 Å². The summed E-state index contributed by atoms with van der Waals surface area (Å²) < 4.78 is 56.0. The van der Waals surface area contributed by atoms with Crippen LogP contribution in [0.4, 0.5) is 8.78 Å². The summed E-state index contributed by atoms with van der Waals surface area (Å²) in [5.74, 6) is -3.51. The molecule has 1 amide bonds. The van der Waals surface area contributed by atoms with Crippen LogP contribution in [-0.2, 0) is 23.6 Å². The van der Waals surface area contributed by atoms with E-state index in [1.165, 1.54) is 10.6 Å². The highest BCUT2D eigenvalue weighted by Gasteiger charge is 2.41. The number of nitrogens with zero attached hydrogens (tertiary/aromatic N) is 3. The molecule has 2 aromatic heterocycles. The van der Waals surface area contributed by atoms with Crippen LogP contribution in [0.15, 0.2) is 47.5 Å². The number of aromatic nitrogens is 2. The van der Waals surface area contributed by atoms with Gasteiger partial charge in [0.15, 0.2) is 0 Å². The monoisotopic (exact) mass is 462 g/mol. The number of sulfonamides is 1. The van der Waals surface area contributed by atoms with Gasteiger partial charge >= 0.3 is 0 Å². The molecule has 32 heavy (non-hydrogen) atoms. The lowest BCUT2D eigenvalue weighted by molar-refractivity contribution is -0.0434. The van der Waals surface area contributed by atoms with Gasteiger partial charge in [-0.05, 0) is 37.1 Å². The normalized spacial score (nSPS) is 16.9. The minimum Gasteiger partial charge on any atom is -0.347 e. The van der Waals surface area contributed by atoms with Gasteiger partial charge in [0.1, 0.15) is 10.6 Å². The lowest BCUT2D eigenvalue weighted by atomic mass is 10.1. The van der Waals surface area contributed by atoms with Crippen LogP contribution in [0.3, 0.4) is 0 Å². The molecule has 0 unspecified atom stereocenters. The van der Waals surface area contributed by atoms with Crippen molar-refractivity contribution in [2.45, 2.75) is 37.1 Å². The molecule has 3 heterocycles. The molecule has 0 aliphatic carbocycles. The molecule has 1 aromatic carbocycles. The number of benzene rings is 1. The van der Waals surface area contributed by atoms with Crippen LogP contribution in [0, 0.1) is 6.92 Å². The van der Waals surface area contributed by atoms with Crippen LogP contribution in [-0.4, -0.2) is 47.2 Å². The Morgan fingerprint density at radius 1 is 1.25 bits per heavy atom. The van der Waals surface area contributed by atoms with E-state index >= 15 is 0 Å². The zero-order valence-corrected chi connectivity index (χ0v) is 18.6. The molecule has 4 rings (SSSR count). The standard InChI is InChI=1S/C22H24F2N4O3S/c1-15-20(32(30,31)28-11-5-9-22(23,24)14-28)12-19(27(15)2)21(29)26-13-16-6-3-8-18-17(16)7-4-10-25-18/h3-4,6-8,10,12H,5,9,11,13-14H2,1-2H3,(H,26,29). The van der Waals surface area contributed by atoms with E-state index in [9.17, 15) is 22.0 Å². The summed E-state index contributed by atoms with van der Waals surface area (Å²) >= 11 is 0. The van der Waals surface area contributed by atoms with Gasteiger partial charge in [-0.1, -0.05) is 18.2 Å². The smallest absolute Gasteiger partial charge is 0.268 e. The zero-order valence-electron chi connectivity index (χ0n) is 17.8. The fraction of sp³-hybridized carbons (Fsp3) is 0.364. The van der Waals surface area contributed by atoms with Crippen molar-refractivity contribution in [3.05, 3.63) is 59.5 Å². The van der Waals surface area contributed by atoms with E-state index in [0.29, 0.717) is 5.69 Å². The van der Waals surface area contributed by atoms with Crippen LogP contribution in [0.5, 0.6) is 0 Å². The number of rotatable bonds is 5. The van der Waals surface area contributed by atoms with Crippen molar-refractivity contribution < 1.29 is 22.0 Å². The number of alkyl halides is 2. The number of carbonyl (C=O) groups excluding carboxylic acids is 1. The predicted molar refractivity (Wildman–Crippen MR) is 116 cm³/mol. The Balaban J connectivity index is 1.57. The van der Waals surface area contributed by atoms with E-state index in [1.54, 1.807) is 20.2 Å². The molecular formula is C22H24F2N4O3S. The molecular weight excluding hydrogens is 438 g/mol. The number of amides is 1. The van der Waals surface area contributed by atoms with Crippen molar-refractivity contribution >= 4 is 26.8 Å². The maximum Gasteiger partial charge on any atom is 0.268 e. The second-order valence-corrected chi connectivity index (χ2v) is 9.91. The zero-order chi connectivity index (χ0) is 23.1. The first-order valence-electron chi connectivity index (χ1n) is 10.3. The van der Waals surface area contributed by atoms with Gasteiger partial charge in [0.25, 0.3) is 11.8 Å². The van der Waals surface area contributed by atoms with Crippen LogP contribution in [0.2, 0.25) is 0 Å². The first-order chi connectivity index (χ1) is 15.1. The van der Waals surface area contributed by atoms with E-state index in [1.807, 2.05) is 30.3 Å². The number of hydrogen-bond acceptors (Lipinski definition) is 4. The van der Waals surface area contributed by atoms with Gasteiger partial charge in [0, 0.05) is 43.8 Å². The molecule has 0 bridgehead atoms. The third kappa shape index (κ3) is 4.12. The van der Waals surface area contributed by atoms with Crippen molar-refractivity contribution in [1.29, 1.82) is 0 Å². The fourth-order valence-electron chi connectivity index (χ4n) is 4.01. The van der Waals surface area contributed by atoms with Crippen molar-refractivity contribution in [3.8, 4) is 0 Å². The summed E-state index contributed by atoms with van der Waals surface area (Å²) in [6.45, 7) is 0.970. The number of piperidine rings is 1. The molecule has 170 valence electrons. The predicted octanol–water partition coefficient (Wildman–Crippen LogP) is 3.23. The Morgan fingerprint density at radius 3 is 2.78 bits per heavy atom. The summed E-state index contributed by atoms with van der Waals surface area (Å²) in [4.78, 5) is 17.0. The van der Waals surface area contributed by atoms with Gasteiger partial charge < -0.3 is 9.88 Å². The van der Waals surface area contributed by atoms with Crippen LogP contribution < -0.4 is 5.32 Å². The summed E-state index contributed by atoms with van der Waals surface area (Å²) in [6, 6.07) is 10.6. The molecule has 0 atom stereocenters. The third-order valence-corrected chi connectivity index (χ3v) is 7.83. The van der Waals surface area contributed by atoms with E-state index in [-0.39, 0.29) is 36.5 Å². The van der Waals surface area contributed by atoms with E-state index in [4.69, 9.17) is 0 Å². The van der Waals surface area contributed by atoms with Gasteiger partial charge in [-0.25, -0.2) is 17.2 Å². The minimum atomic E-state index is -4.15. The maximum absolute atomic E-state index is 13.8. The molecule has 7 nitrogen and oxygen atoms in total. The number of carbonyl (C=O) groups is 1. The van der Waals surface area contributed by atoms with E-state index in [0.717, 1.165) is 20.8 Å². The van der Waals surface area contributed by atoms with Crippen LogP contribution >= 0.6 is 0 Å². The lowest BCUT2D eigenvalue weighted by Crippen LogP contribution is -2.45. The molecule has 0 saturated carbocycles. The molecule has 1 saturated heterocycles. The number of fused-ring (bicyclic) bond motifs is 1. The fourth-order valence-corrected chi connectivity index (χ4v) is 5.79. The highest BCUT2D eigenvalue weighted by molar-refractivity contribution is 7.89. The molecule has 1 aliphatic rings. The molecule has 3 aromatic rings. The van der Waals surface area contributed by atoms with Gasteiger partial charge in [-0.15, -0.1) is 0 Å². The van der Waals surface area contributed by atoms with Gasteiger partial charge in [-0.2, -0.15) is 4.31 Å². The molecule has 1 N–H and O–H groups in total. The third-order valence-electron chi connectivity index (χ3n) is 5.87. The maximum atomic E-state index is 13.8. The summed E-state index contributed by atoms with van der Waals surface area (Å²) in [5, 5.41) is 3.73. The molecule has 1 aliphatic heterocycles.